The van der Waals surface area contributed by atoms with Crippen LogP contribution in [0, 0.1) is 0 Å². The van der Waals surface area contributed by atoms with Gasteiger partial charge in [-0.15, -0.1) is 0 Å². The average Bonchev–Trinajstić information content (AvgIpc) is 3.93. The number of fused-ring (bicyclic) bond motifs is 20. The van der Waals surface area contributed by atoms with Crippen LogP contribution in [0.3, 0.4) is 0 Å². The maximum Gasteiger partial charge on any atom is 0.252 e. The first kappa shape index (κ1) is 40.2. The normalized spacial score (nSPS) is 14.0. The minimum atomic E-state index is -0.462. The van der Waals surface area contributed by atoms with Crippen LogP contribution in [0.2, 0.25) is 0 Å². The summed E-state index contributed by atoms with van der Waals surface area (Å²) in [6, 6.07) is 98.9. The summed E-state index contributed by atoms with van der Waals surface area (Å²) in [5, 5.41) is 9.93. The van der Waals surface area contributed by atoms with Gasteiger partial charge in [0.15, 0.2) is 0 Å². The number of hydrogen-bond acceptors (Lipinski definition) is 2. The molecule has 0 unspecified atom stereocenters. The quantitative estimate of drug-likeness (QED) is 0.129. The molecule has 0 atom stereocenters. The van der Waals surface area contributed by atoms with E-state index in [-0.39, 0.29) is 6.71 Å². The molecule has 0 amide bonds. The Bertz CT molecular complexity index is 4320. The van der Waals surface area contributed by atoms with Crippen molar-refractivity contribution in [3.05, 3.63) is 283 Å². The van der Waals surface area contributed by atoms with Gasteiger partial charge in [-0.05, 0) is 171 Å². The van der Waals surface area contributed by atoms with Gasteiger partial charge in [-0.25, -0.2) is 0 Å². The summed E-state index contributed by atoms with van der Waals surface area (Å²) in [5.41, 5.74) is 23.6. The van der Waals surface area contributed by atoms with E-state index < -0.39 is 5.41 Å². The van der Waals surface area contributed by atoms with Crippen molar-refractivity contribution in [2.75, 3.05) is 9.80 Å². The Morgan fingerprint density at radius 1 is 0.284 bits per heavy atom. The van der Waals surface area contributed by atoms with Gasteiger partial charge in [-0.3, -0.25) is 0 Å². The lowest BCUT2D eigenvalue weighted by atomic mass is 9.33. The van der Waals surface area contributed by atoms with E-state index in [1.54, 1.807) is 0 Å². The molecule has 2 aliphatic carbocycles. The van der Waals surface area contributed by atoms with E-state index in [1.165, 1.54) is 138 Å². The molecular formula is C71H43BN2. The van der Waals surface area contributed by atoms with Crippen molar-refractivity contribution in [2.45, 2.75) is 5.41 Å². The van der Waals surface area contributed by atoms with Crippen LogP contribution in [-0.4, -0.2) is 6.71 Å². The molecule has 0 aromatic heterocycles. The summed E-state index contributed by atoms with van der Waals surface area (Å²) in [6.45, 7) is -0.0602. The molecule has 3 heteroatoms. The van der Waals surface area contributed by atoms with Crippen LogP contribution >= 0.6 is 0 Å². The molecule has 0 bridgehead atoms. The first-order chi connectivity index (χ1) is 36.7. The zero-order valence-electron chi connectivity index (χ0n) is 40.3. The first-order valence-electron chi connectivity index (χ1n) is 25.9. The van der Waals surface area contributed by atoms with Crippen LogP contribution in [0.15, 0.2) is 261 Å². The van der Waals surface area contributed by atoms with Gasteiger partial charge in [-0.2, -0.15) is 0 Å². The SMILES string of the molecule is c1ccc(N2c3cc(-c4ccc5c(c4)C4(c6ccccc6-c6ccccc64)c4ccccc4-5)cc4c3B(c3ccc5cc6ccccc6cc5c32)c2ccc3cc5ccccc5cc3c2N4c2ccccc2)cc1. The van der Waals surface area contributed by atoms with E-state index in [0.29, 0.717) is 0 Å². The van der Waals surface area contributed by atoms with Gasteiger partial charge in [0, 0.05) is 44.9 Å². The molecule has 0 radical (unpaired) electrons. The molecule has 2 nitrogen and oxygen atoms in total. The van der Waals surface area contributed by atoms with Crippen molar-refractivity contribution >= 4 is 100 Å². The Morgan fingerprint density at radius 2 is 0.689 bits per heavy atom. The topological polar surface area (TPSA) is 6.48 Å². The standard InChI is InChI=1S/C71H43BN2/c1-3-21-52(22-4-1)73-66-42-51(48-31-34-57-56-27-13-16-30-62(56)71(63(57)41-48)60-28-14-11-25-54(60)55-26-12-15-29-61(55)71)43-67-68(66)72(64-35-32-49-37-44-17-7-9-19-46(44)39-58(49)69(64)73)65-36-33-50-38-45-18-8-10-20-47(45)40-59(50)70(65)74(67)53-23-5-2-6-24-53/h1-43H. The highest BCUT2D eigenvalue weighted by Crippen LogP contribution is 2.63. The zero-order valence-corrected chi connectivity index (χ0v) is 40.3. The van der Waals surface area contributed by atoms with Crippen LogP contribution in [0.1, 0.15) is 22.3 Å². The summed E-state index contributed by atoms with van der Waals surface area (Å²) in [7, 11) is 0. The molecule has 74 heavy (non-hydrogen) atoms. The lowest BCUT2D eigenvalue weighted by Gasteiger charge is -2.45. The second kappa shape index (κ2) is 14.8. The van der Waals surface area contributed by atoms with Gasteiger partial charge in [0.25, 0.3) is 6.71 Å². The number of anilines is 6. The number of rotatable bonds is 3. The fraction of sp³-hybridized carbons (Fsp3) is 0.0141. The van der Waals surface area contributed by atoms with Crippen molar-refractivity contribution in [1.29, 1.82) is 0 Å². The zero-order chi connectivity index (χ0) is 48.2. The van der Waals surface area contributed by atoms with E-state index in [0.717, 1.165) is 11.4 Å². The van der Waals surface area contributed by atoms with E-state index in [4.69, 9.17) is 0 Å². The van der Waals surface area contributed by atoms with Gasteiger partial charge in [0.05, 0.1) is 5.41 Å². The van der Waals surface area contributed by atoms with Crippen LogP contribution in [0.4, 0.5) is 34.1 Å². The third-order valence-electron chi connectivity index (χ3n) is 17.1. The smallest absolute Gasteiger partial charge is 0.252 e. The van der Waals surface area contributed by atoms with Crippen molar-refractivity contribution in [3.63, 3.8) is 0 Å². The molecule has 4 aliphatic rings. The molecule has 340 valence electrons. The van der Waals surface area contributed by atoms with Gasteiger partial charge in [-0.1, -0.05) is 194 Å². The van der Waals surface area contributed by atoms with E-state index in [1.807, 2.05) is 0 Å². The number of benzene rings is 13. The molecule has 13 aromatic carbocycles. The van der Waals surface area contributed by atoms with Gasteiger partial charge in [0.2, 0.25) is 0 Å². The lowest BCUT2D eigenvalue weighted by Crippen LogP contribution is -2.61. The molecular weight excluding hydrogens is 892 g/mol. The molecule has 2 aliphatic heterocycles. The maximum atomic E-state index is 2.60. The second-order valence-electron chi connectivity index (χ2n) is 20.7. The van der Waals surface area contributed by atoms with E-state index in [2.05, 4.69) is 271 Å². The van der Waals surface area contributed by atoms with Crippen molar-refractivity contribution < 1.29 is 0 Å². The van der Waals surface area contributed by atoms with E-state index >= 15 is 0 Å². The van der Waals surface area contributed by atoms with Gasteiger partial charge >= 0.3 is 0 Å². The van der Waals surface area contributed by atoms with Crippen LogP contribution < -0.4 is 26.2 Å². The largest absolute Gasteiger partial charge is 0.311 e. The fourth-order valence-corrected chi connectivity index (χ4v) is 14.1. The number of nitrogens with zero attached hydrogens (tertiary/aromatic N) is 2. The predicted molar refractivity (Wildman–Crippen MR) is 312 cm³/mol. The molecule has 0 saturated carbocycles. The Kier molecular flexibility index (Phi) is 8.05. The number of hydrogen-bond donors (Lipinski definition) is 0. The second-order valence-corrected chi connectivity index (χ2v) is 20.7. The number of para-hydroxylation sites is 2. The minimum Gasteiger partial charge on any atom is -0.311 e. The minimum absolute atomic E-state index is 0.0602. The monoisotopic (exact) mass is 934 g/mol. The Morgan fingerprint density at radius 3 is 1.16 bits per heavy atom. The lowest BCUT2D eigenvalue weighted by molar-refractivity contribution is 0.794. The van der Waals surface area contributed by atoms with E-state index in [9.17, 15) is 0 Å². The summed E-state index contributed by atoms with van der Waals surface area (Å²) >= 11 is 0. The Labute approximate surface area is 429 Å². The molecule has 0 N–H and O–H groups in total. The third-order valence-corrected chi connectivity index (χ3v) is 17.1. The summed E-state index contributed by atoms with van der Waals surface area (Å²) in [5.74, 6) is 0. The predicted octanol–water partition coefficient (Wildman–Crippen LogP) is 16.4. The summed E-state index contributed by atoms with van der Waals surface area (Å²) in [4.78, 5) is 5.20. The maximum absolute atomic E-state index is 2.60. The Balaban J connectivity index is 1.01. The Hall–Kier alpha value is -9.44. The van der Waals surface area contributed by atoms with Crippen molar-refractivity contribution in [3.8, 4) is 33.4 Å². The van der Waals surface area contributed by atoms with Crippen LogP contribution in [0.25, 0.3) is 76.5 Å². The fourth-order valence-electron chi connectivity index (χ4n) is 14.1. The molecule has 2 heterocycles. The molecule has 1 spiro atoms. The van der Waals surface area contributed by atoms with Crippen LogP contribution in [0.5, 0.6) is 0 Å². The van der Waals surface area contributed by atoms with Crippen LogP contribution in [-0.2, 0) is 5.41 Å². The average molecular weight is 935 g/mol. The first-order valence-corrected chi connectivity index (χ1v) is 25.9. The highest BCUT2D eigenvalue weighted by molar-refractivity contribution is 7.00. The highest BCUT2D eigenvalue weighted by Gasteiger charge is 2.52. The summed E-state index contributed by atoms with van der Waals surface area (Å²) < 4.78 is 0. The summed E-state index contributed by atoms with van der Waals surface area (Å²) in [6.07, 6.45) is 0. The van der Waals surface area contributed by atoms with Crippen molar-refractivity contribution in [1.82, 2.24) is 0 Å². The molecule has 0 fully saturated rings. The molecule has 13 aromatic rings. The molecule has 17 rings (SSSR count). The van der Waals surface area contributed by atoms with Gasteiger partial charge in [0.1, 0.15) is 0 Å². The van der Waals surface area contributed by atoms with Gasteiger partial charge < -0.3 is 9.80 Å². The molecule has 0 saturated heterocycles. The third kappa shape index (κ3) is 5.25. The van der Waals surface area contributed by atoms with Crippen molar-refractivity contribution in [2.24, 2.45) is 0 Å². The highest BCUT2D eigenvalue weighted by atomic mass is 15.2.